The lowest BCUT2D eigenvalue weighted by Gasteiger charge is -2.15. The Kier molecular flexibility index (Phi) is 5.62. The fraction of sp³-hybridized carbons (Fsp3) is 0.174. The van der Waals surface area contributed by atoms with Crippen LogP contribution in [0.25, 0.3) is 16.6 Å². The number of para-hydroxylation sites is 1. The van der Waals surface area contributed by atoms with Crippen molar-refractivity contribution < 1.29 is 17.9 Å². The van der Waals surface area contributed by atoms with Crippen LogP contribution in [-0.2, 0) is 12.6 Å². The molecule has 2 heterocycles. The van der Waals surface area contributed by atoms with Crippen molar-refractivity contribution in [3.8, 4) is 11.6 Å². The van der Waals surface area contributed by atoms with E-state index in [4.69, 9.17) is 27.9 Å². The summed E-state index contributed by atoms with van der Waals surface area (Å²) in [6, 6.07) is 13.4. The van der Waals surface area contributed by atoms with Gasteiger partial charge in [-0.3, -0.25) is 0 Å². The lowest BCUT2D eigenvalue weighted by Crippen LogP contribution is -2.07. The minimum absolute atomic E-state index is 0.235. The molecule has 2 aromatic carbocycles. The Morgan fingerprint density at radius 2 is 1.77 bits per heavy atom. The molecular weight excluding hydrogens is 448 g/mol. The number of hydrogen-bond acceptors (Lipinski definition) is 2. The summed E-state index contributed by atoms with van der Waals surface area (Å²) in [6.45, 7) is 1.67. The highest BCUT2D eigenvalue weighted by Gasteiger charge is 2.32. The molecule has 0 aliphatic rings. The van der Waals surface area contributed by atoms with Crippen molar-refractivity contribution in [2.24, 2.45) is 0 Å². The molecule has 3 nitrogen and oxygen atoms in total. The summed E-state index contributed by atoms with van der Waals surface area (Å²) in [5, 5.41) is 1.34. The molecule has 160 valence electrons. The molecule has 0 fully saturated rings. The van der Waals surface area contributed by atoms with Crippen molar-refractivity contribution in [2.75, 3.05) is 7.11 Å². The summed E-state index contributed by atoms with van der Waals surface area (Å²) in [7, 11) is 1.45. The molecule has 0 atom stereocenters. The molecule has 0 N–H and O–H groups in total. The third-order valence-electron chi connectivity index (χ3n) is 5.13. The number of fused-ring (bicyclic) bond motifs is 1. The minimum atomic E-state index is -4.45. The van der Waals surface area contributed by atoms with E-state index in [-0.39, 0.29) is 17.3 Å². The zero-order valence-electron chi connectivity index (χ0n) is 16.6. The topological polar surface area (TPSA) is 27.1 Å². The van der Waals surface area contributed by atoms with Gasteiger partial charge in [-0.25, -0.2) is 4.98 Å². The van der Waals surface area contributed by atoms with Crippen molar-refractivity contribution in [3.05, 3.63) is 87.2 Å². The molecule has 0 radical (unpaired) electrons. The Morgan fingerprint density at radius 3 is 2.42 bits per heavy atom. The van der Waals surface area contributed by atoms with Gasteiger partial charge in [-0.1, -0.05) is 41.4 Å². The predicted molar refractivity (Wildman–Crippen MR) is 117 cm³/mol. The van der Waals surface area contributed by atoms with Crippen LogP contribution in [0.1, 0.15) is 22.4 Å². The average molecular weight is 465 g/mol. The van der Waals surface area contributed by atoms with Crippen LogP contribution in [0.5, 0.6) is 5.88 Å². The first-order valence-corrected chi connectivity index (χ1v) is 10.1. The molecule has 0 aliphatic carbocycles. The van der Waals surface area contributed by atoms with Crippen LogP contribution in [0.2, 0.25) is 10.0 Å². The van der Waals surface area contributed by atoms with E-state index < -0.39 is 11.7 Å². The van der Waals surface area contributed by atoms with Gasteiger partial charge in [-0.15, -0.1) is 0 Å². The predicted octanol–water partition coefficient (Wildman–Crippen LogP) is 7.26. The number of halogens is 5. The van der Waals surface area contributed by atoms with Crippen LogP contribution in [0, 0.1) is 6.92 Å². The van der Waals surface area contributed by atoms with E-state index in [0.717, 1.165) is 22.8 Å². The van der Waals surface area contributed by atoms with Crippen LogP contribution in [0.4, 0.5) is 13.2 Å². The van der Waals surface area contributed by atoms with Crippen LogP contribution in [0.3, 0.4) is 0 Å². The number of methoxy groups -OCH3 is 1. The zero-order chi connectivity index (χ0) is 22.3. The Hall–Kier alpha value is -2.70. The van der Waals surface area contributed by atoms with Gasteiger partial charge in [-0.2, -0.15) is 13.2 Å². The van der Waals surface area contributed by atoms with E-state index in [9.17, 15) is 13.2 Å². The maximum Gasteiger partial charge on any atom is 0.416 e. The van der Waals surface area contributed by atoms with Crippen molar-refractivity contribution in [2.45, 2.75) is 19.5 Å². The summed E-state index contributed by atoms with van der Waals surface area (Å²) in [5.74, 6) is 0.235. The summed E-state index contributed by atoms with van der Waals surface area (Å²) >= 11 is 12.8. The molecule has 4 aromatic rings. The first-order valence-electron chi connectivity index (χ1n) is 9.35. The van der Waals surface area contributed by atoms with Gasteiger partial charge in [0.25, 0.3) is 0 Å². The number of rotatable bonds is 4. The molecule has 4 rings (SSSR count). The summed E-state index contributed by atoms with van der Waals surface area (Å²) in [5.41, 5.74) is 2.36. The molecule has 0 unspecified atom stereocenters. The number of nitrogens with zero attached hydrogens (tertiary/aromatic N) is 2. The molecule has 0 spiro atoms. The molecule has 0 saturated carbocycles. The normalized spacial score (nSPS) is 11.8. The monoisotopic (exact) mass is 464 g/mol. The number of pyridine rings is 1. The van der Waals surface area contributed by atoms with Gasteiger partial charge < -0.3 is 9.30 Å². The highest BCUT2D eigenvalue weighted by molar-refractivity contribution is 6.36. The van der Waals surface area contributed by atoms with Gasteiger partial charge in [0, 0.05) is 34.9 Å². The fourth-order valence-electron chi connectivity index (χ4n) is 3.68. The SMILES string of the molecule is COc1ncc(Cl)c(Cc2cc3c(C)cc(C(F)(F)F)cc3n2-c2ccccc2)c1Cl. The molecule has 0 aliphatic heterocycles. The van der Waals surface area contributed by atoms with Gasteiger partial charge in [0.1, 0.15) is 5.02 Å². The third kappa shape index (κ3) is 3.98. The standard InChI is InChI=1S/C23H17Cl2F3N2O/c1-13-8-14(23(26,27)28)9-20-17(13)10-16(30(20)15-6-4-3-5-7-15)11-18-19(24)12-29-22(31-2)21(18)25/h3-10,12H,11H2,1-2H3. The van der Waals surface area contributed by atoms with Crippen LogP contribution >= 0.6 is 23.2 Å². The number of hydrogen-bond donors (Lipinski definition) is 0. The second kappa shape index (κ2) is 8.09. The van der Waals surface area contributed by atoms with Crippen molar-refractivity contribution in [1.82, 2.24) is 9.55 Å². The van der Waals surface area contributed by atoms with Gasteiger partial charge >= 0.3 is 6.18 Å². The lowest BCUT2D eigenvalue weighted by atomic mass is 10.1. The van der Waals surface area contributed by atoms with E-state index >= 15 is 0 Å². The number of aryl methyl sites for hydroxylation is 1. The highest BCUT2D eigenvalue weighted by atomic mass is 35.5. The first kappa shape index (κ1) is 21.5. The molecule has 31 heavy (non-hydrogen) atoms. The summed E-state index contributed by atoms with van der Waals surface area (Å²) in [4.78, 5) is 4.06. The van der Waals surface area contributed by atoms with E-state index in [0.29, 0.717) is 21.7 Å². The molecule has 0 amide bonds. The van der Waals surface area contributed by atoms with E-state index in [1.807, 2.05) is 36.4 Å². The third-order valence-corrected chi connectivity index (χ3v) is 5.85. The second-order valence-corrected chi connectivity index (χ2v) is 7.90. The fourth-order valence-corrected chi connectivity index (χ4v) is 4.24. The maximum atomic E-state index is 13.5. The second-order valence-electron chi connectivity index (χ2n) is 7.12. The van der Waals surface area contributed by atoms with Crippen LogP contribution in [0.15, 0.2) is 54.7 Å². The molecule has 8 heteroatoms. The molecule has 2 aromatic heterocycles. The van der Waals surface area contributed by atoms with Gasteiger partial charge in [0.15, 0.2) is 0 Å². The minimum Gasteiger partial charge on any atom is -0.480 e. The van der Waals surface area contributed by atoms with Gasteiger partial charge in [0.2, 0.25) is 5.88 Å². The summed E-state index contributed by atoms with van der Waals surface area (Å²) < 4.78 is 47.5. The average Bonchev–Trinajstić information content (AvgIpc) is 3.10. The molecule has 0 bridgehead atoms. The smallest absolute Gasteiger partial charge is 0.416 e. The maximum absolute atomic E-state index is 13.5. The van der Waals surface area contributed by atoms with Crippen molar-refractivity contribution in [3.63, 3.8) is 0 Å². The van der Waals surface area contributed by atoms with Gasteiger partial charge in [-0.05, 0) is 42.8 Å². The lowest BCUT2D eigenvalue weighted by molar-refractivity contribution is -0.137. The molecular formula is C23H17Cl2F3N2O. The van der Waals surface area contributed by atoms with Crippen LogP contribution < -0.4 is 4.74 Å². The Balaban J connectivity index is 1.99. The Labute approximate surface area is 187 Å². The first-order chi connectivity index (χ1) is 14.7. The van der Waals surface area contributed by atoms with Crippen LogP contribution in [-0.4, -0.2) is 16.7 Å². The number of alkyl halides is 3. The highest BCUT2D eigenvalue weighted by Crippen LogP contribution is 2.38. The van der Waals surface area contributed by atoms with Gasteiger partial charge in [0.05, 0.1) is 23.2 Å². The van der Waals surface area contributed by atoms with E-state index in [2.05, 4.69) is 4.98 Å². The Bertz CT molecular complexity index is 1270. The zero-order valence-corrected chi connectivity index (χ0v) is 18.1. The van der Waals surface area contributed by atoms with Crippen molar-refractivity contribution in [1.29, 1.82) is 0 Å². The van der Waals surface area contributed by atoms with Crippen molar-refractivity contribution >= 4 is 34.1 Å². The number of ether oxygens (including phenoxy) is 1. The van der Waals surface area contributed by atoms with E-state index in [1.165, 1.54) is 19.4 Å². The Morgan fingerprint density at radius 1 is 1.06 bits per heavy atom. The number of aromatic nitrogens is 2. The quantitative estimate of drug-likeness (QED) is 0.317. The molecule has 0 saturated heterocycles. The number of benzene rings is 2. The summed E-state index contributed by atoms with van der Waals surface area (Å²) in [6.07, 6.45) is -2.72. The largest absolute Gasteiger partial charge is 0.480 e. The van der Waals surface area contributed by atoms with E-state index in [1.54, 1.807) is 11.5 Å².